The van der Waals surface area contributed by atoms with Crippen molar-refractivity contribution >= 4 is 44.9 Å². The van der Waals surface area contributed by atoms with Gasteiger partial charge in [-0.05, 0) is 47.5 Å². The second kappa shape index (κ2) is 8.80. The van der Waals surface area contributed by atoms with Gasteiger partial charge in [0.05, 0.1) is 27.7 Å². The van der Waals surface area contributed by atoms with E-state index in [-0.39, 0.29) is 29.3 Å². The summed E-state index contributed by atoms with van der Waals surface area (Å²) < 4.78 is 28.7. The van der Waals surface area contributed by atoms with Crippen molar-refractivity contribution in [1.29, 1.82) is 0 Å². The van der Waals surface area contributed by atoms with Gasteiger partial charge in [0.25, 0.3) is 5.91 Å². The van der Waals surface area contributed by atoms with Crippen molar-refractivity contribution < 1.29 is 13.6 Å². The minimum Gasteiger partial charge on any atom is -0.272 e. The second-order valence-corrected chi connectivity index (χ2v) is 9.55. The van der Waals surface area contributed by atoms with Crippen molar-refractivity contribution in [3.63, 3.8) is 0 Å². The van der Waals surface area contributed by atoms with Crippen LogP contribution in [0.5, 0.6) is 0 Å². The Labute approximate surface area is 191 Å². The lowest BCUT2D eigenvalue weighted by atomic mass is 9.98. The van der Waals surface area contributed by atoms with E-state index >= 15 is 0 Å². The summed E-state index contributed by atoms with van der Waals surface area (Å²) >= 11 is 2.92. The van der Waals surface area contributed by atoms with Gasteiger partial charge in [0.15, 0.2) is 4.34 Å². The number of carbonyl (C=O) groups excluding carboxylic acids is 1. The summed E-state index contributed by atoms with van der Waals surface area (Å²) in [5, 5.41) is 6.04. The lowest BCUT2D eigenvalue weighted by Crippen LogP contribution is -2.28. The minimum atomic E-state index is -0.348. The molecular formula is C24H17F2N3OS2. The van der Waals surface area contributed by atoms with E-state index in [1.54, 1.807) is 35.6 Å². The Balaban J connectivity index is 1.39. The molecule has 2 heterocycles. The molecular weight excluding hydrogens is 448 g/mol. The first-order valence-corrected chi connectivity index (χ1v) is 11.8. The summed E-state index contributed by atoms with van der Waals surface area (Å²) in [4.78, 5) is 17.7. The molecule has 1 atom stereocenters. The third-order valence-electron chi connectivity index (χ3n) is 5.19. The number of hydrogen-bond donors (Lipinski definition) is 0. The van der Waals surface area contributed by atoms with E-state index in [1.807, 2.05) is 24.3 Å². The highest BCUT2D eigenvalue weighted by molar-refractivity contribution is 8.01. The summed E-state index contributed by atoms with van der Waals surface area (Å²) in [6, 6.07) is 19.6. The number of thiazole rings is 1. The fourth-order valence-electron chi connectivity index (χ4n) is 3.60. The van der Waals surface area contributed by atoms with Crippen LogP contribution in [0.3, 0.4) is 0 Å². The molecule has 1 amide bonds. The first-order chi connectivity index (χ1) is 15.6. The van der Waals surface area contributed by atoms with Gasteiger partial charge < -0.3 is 0 Å². The van der Waals surface area contributed by atoms with Crippen LogP contribution in [0.25, 0.3) is 10.2 Å². The fraction of sp³-hybridized carbons (Fsp3) is 0.125. The molecule has 4 aromatic rings. The lowest BCUT2D eigenvalue weighted by molar-refractivity contribution is -0.130. The number of hydrogen-bond acceptors (Lipinski definition) is 5. The van der Waals surface area contributed by atoms with E-state index in [9.17, 15) is 13.6 Å². The van der Waals surface area contributed by atoms with Gasteiger partial charge in [0.2, 0.25) is 0 Å². The lowest BCUT2D eigenvalue weighted by Gasteiger charge is -2.21. The zero-order chi connectivity index (χ0) is 22.1. The molecule has 160 valence electrons. The van der Waals surface area contributed by atoms with Gasteiger partial charge in [-0.2, -0.15) is 5.10 Å². The fourth-order valence-corrected chi connectivity index (χ4v) is 5.52. The van der Waals surface area contributed by atoms with E-state index in [4.69, 9.17) is 0 Å². The van der Waals surface area contributed by atoms with Crippen LogP contribution in [0.2, 0.25) is 0 Å². The van der Waals surface area contributed by atoms with Crippen LogP contribution in [-0.4, -0.2) is 27.4 Å². The highest BCUT2D eigenvalue weighted by Gasteiger charge is 2.33. The summed E-state index contributed by atoms with van der Waals surface area (Å²) in [5.74, 6) is -0.656. The number of amides is 1. The molecule has 4 nitrogen and oxygen atoms in total. The van der Waals surface area contributed by atoms with Crippen LogP contribution in [0.1, 0.15) is 23.6 Å². The van der Waals surface area contributed by atoms with Crippen molar-refractivity contribution in [3.8, 4) is 0 Å². The number of hydrazone groups is 1. The van der Waals surface area contributed by atoms with Crippen molar-refractivity contribution in [3.05, 3.63) is 95.6 Å². The third-order valence-corrected chi connectivity index (χ3v) is 7.36. The maximum atomic E-state index is 13.5. The Morgan fingerprint density at radius 1 is 1.00 bits per heavy atom. The maximum Gasteiger partial charge on any atom is 0.253 e. The Morgan fingerprint density at radius 2 is 1.69 bits per heavy atom. The highest BCUT2D eigenvalue weighted by Crippen LogP contribution is 2.35. The molecule has 3 aromatic carbocycles. The summed E-state index contributed by atoms with van der Waals surface area (Å²) in [6.07, 6.45) is 0.467. The monoisotopic (exact) mass is 465 g/mol. The number of nitrogens with zero attached hydrogens (tertiary/aromatic N) is 3. The number of para-hydroxylation sites is 1. The topological polar surface area (TPSA) is 45.6 Å². The van der Waals surface area contributed by atoms with Crippen molar-refractivity contribution in [2.75, 3.05) is 5.75 Å². The van der Waals surface area contributed by atoms with Gasteiger partial charge in [-0.15, -0.1) is 11.3 Å². The van der Waals surface area contributed by atoms with Gasteiger partial charge in [-0.25, -0.2) is 18.8 Å². The molecule has 0 fully saturated rings. The zero-order valence-corrected chi connectivity index (χ0v) is 18.4. The van der Waals surface area contributed by atoms with E-state index in [2.05, 4.69) is 10.1 Å². The summed E-state index contributed by atoms with van der Waals surface area (Å²) in [5.41, 5.74) is 3.16. The Hall–Kier alpha value is -3.10. The van der Waals surface area contributed by atoms with Gasteiger partial charge in [0, 0.05) is 6.42 Å². The highest BCUT2D eigenvalue weighted by atomic mass is 32.2. The smallest absolute Gasteiger partial charge is 0.253 e. The van der Waals surface area contributed by atoms with Crippen molar-refractivity contribution in [2.45, 2.75) is 16.8 Å². The molecule has 0 aliphatic carbocycles. The Bertz CT molecular complexity index is 1270. The molecule has 0 spiro atoms. The van der Waals surface area contributed by atoms with Crippen molar-refractivity contribution in [2.24, 2.45) is 5.10 Å². The molecule has 1 aliphatic heterocycles. The largest absolute Gasteiger partial charge is 0.272 e. The number of rotatable bonds is 5. The van der Waals surface area contributed by atoms with Crippen molar-refractivity contribution in [1.82, 2.24) is 9.99 Å². The quantitative estimate of drug-likeness (QED) is 0.337. The summed E-state index contributed by atoms with van der Waals surface area (Å²) in [6.45, 7) is 0. The standard InChI is InChI=1S/C24H17F2N3OS2/c25-17-9-5-15(6-10-17)20-13-21(16-7-11-18(26)12-8-16)29(28-20)23(30)14-31-24-27-19-3-1-2-4-22(19)32-24/h1-12,21H,13-14H2/t21-/m0/s1. The molecule has 0 bridgehead atoms. The molecule has 32 heavy (non-hydrogen) atoms. The summed E-state index contributed by atoms with van der Waals surface area (Å²) in [7, 11) is 0. The molecule has 1 aromatic heterocycles. The van der Waals surface area contributed by atoms with Crippen LogP contribution < -0.4 is 0 Å². The van der Waals surface area contributed by atoms with Crippen LogP contribution in [0.15, 0.2) is 82.2 Å². The molecule has 1 aliphatic rings. The number of fused-ring (bicyclic) bond motifs is 1. The Morgan fingerprint density at radius 3 is 2.41 bits per heavy atom. The van der Waals surface area contributed by atoms with Gasteiger partial charge >= 0.3 is 0 Å². The van der Waals surface area contributed by atoms with Crippen LogP contribution in [0, 0.1) is 11.6 Å². The second-order valence-electron chi connectivity index (χ2n) is 7.30. The van der Waals surface area contributed by atoms with Crippen LogP contribution in [0.4, 0.5) is 8.78 Å². The molecule has 0 N–H and O–H groups in total. The number of thioether (sulfide) groups is 1. The van der Waals surface area contributed by atoms with Gasteiger partial charge in [-0.3, -0.25) is 4.79 Å². The van der Waals surface area contributed by atoms with E-state index < -0.39 is 0 Å². The molecule has 8 heteroatoms. The van der Waals surface area contributed by atoms with E-state index in [0.717, 1.165) is 25.7 Å². The molecule has 0 saturated heterocycles. The van der Waals surface area contributed by atoms with E-state index in [0.29, 0.717) is 12.1 Å². The maximum absolute atomic E-state index is 13.5. The molecule has 5 rings (SSSR count). The normalized spacial score (nSPS) is 15.9. The molecule has 0 radical (unpaired) electrons. The zero-order valence-electron chi connectivity index (χ0n) is 16.7. The first kappa shape index (κ1) is 20.8. The minimum absolute atomic E-state index is 0.166. The predicted molar refractivity (Wildman–Crippen MR) is 124 cm³/mol. The molecule has 0 saturated carbocycles. The van der Waals surface area contributed by atoms with Crippen LogP contribution >= 0.6 is 23.1 Å². The Kier molecular flexibility index (Phi) is 5.71. The predicted octanol–water partition coefficient (Wildman–Crippen LogP) is 6.04. The first-order valence-electron chi connectivity index (χ1n) is 9.96. The number of aromatic nitrogens is 1. The van der Waals surface area contributed by atoms with Gasteiger partial charge in [-0.1, -0.05) is 48.2 Å². The van der Waals surface area contributed by atoms with Crippen LogP contribution in [-0.2, 0) is 4.79 Å². The van der Waals surface area contributed by atoms with E-state index in [1.165, 1.54) is 41.0 Å². The number of halogens is 2. The SMILES string of the molecule is O=C(CSc1nc2ccccc2s1)N1N=C(c2ccc(F)cc2)C[C@H]1c1ccc(F)cc1. The third kappa shape index (κ3) is 4.28. The average molecular weight is 466 g/mol. The number of carbonyl (C=O) groups is 1. The average Bonchev–Trinajstić information content (AvgIpc) is 3.43. The van der Waals surface area contributed by atoms with Gasteiger partial charge in [0.1, 0.15) is 11.6 Å². The molecule has 0 unspecified atom stereocenters. The number of benzene rings is 3.